The van der Waals surface area contributed by atoms with Crippen LogP contribution in [-0.4, -0.2) is 10.1 Å². The molecule has 5 heteroatoms. The molecule has 2 heterocycles. The summed E-state index contributed by atoms with van der Waals surface area (Å²) in [6.07, 6.45) is 0. The van der Waals surface area contributed by atoms with Crippen molar-refractivity contribution in [3.8, 4) is 0 Å². The summed E-state index contributed by atoms with van der Waals surface area (Å²) in [6, 6.07) is 3.70. The van der Waals surface area contributed by atoms with Crippen LogP contribution in [0.4, 0.5) is 5.82 Å². The summed E-state index contributed by atoms with van der Waals surface area (Å²) in [5.74, 6) is 0.393. The van der Waals surface area contributed by atoms with Crippen LogP contribution in [-0.2, 0) is 0 Å². The van der Waals surface area contributed by atoms with Gasteiger partial charge in [0, 0.05) is 0 Å². The van der Waals surface area contributed by atoms with Gasteiger partial charge >= 0.3 is 0 Å². The van der Waals surface area contributed by atoms with Crippen LogP contribution < -0.4 is 5.73 Å². The van der Waals surface area contributed by atoms with Gasteiger partial charge in [-0.2, -0.15) is 0 Å². The van der Waals surface area contributed by atoms with Gasteiger partial charge in [-0.05, 0) is 34.7 Å². The molecule has 2 aromatic heterocycles. The van der Waals surface area contributed by atoms with Gasteiger partial charge in [-0.1, -0.05) is 5.16 Å². The third kappa shape index (κ3) is 1.05. The normalized spacial score (nSPS) is 10.6. The van der Waals surface area contributed by atoms with E-state index < -0.39 is 0 Å². The fraction of sp³-hybridized carbons (Fsp3) is 0. The van der Waals surface area contributed by atoms with Gasteiger partial charge in [-0.15, -0.1) is 0 Å². The van der Waals surface area contributed by atoms with Crippen LogP contribution in [0.3, 0.4) is 0 Å². The molecule has 2 rings (SSSR count). The molecule has 2 aromatic rings. The molecule has 0 saturated carbocycles. The summed E-state index contributed by atoms with van der Waals surface area (Å²) >= 11 is 2.10. The number of anilines is 1. The monoisotopic (exact) mass is 261 g/mol. The van der Waals surface area contributed by atoms with Crippen molar-refractivity contribution in [2.24, 2.45) is 0 Å². The van der Waals surface area contributed by atoms with Crippen molar-refractivity contribution in [2.45, 2.75) is 0 Å². The first kappa shape index (κ1) is 6.84. The van der Waals surface area contributed by atoms with Gasteiger partial charge in [0.15, 0.2) is 5.82 Å². The average Bonchev–Trinajstić information content (AvgIpc) is 2.32. The lowest BCUT2D eigenvalue weighted by Crippen LogP contribution is -1.84. The minimum absolute atomic E-state index is 0.393. The van der Waals surface area contributed by atoms with E-state index in [0.29, 0.717) is 11.5 Å². The van der Waals surface area contributed by atoms with E-state index >= 15 is 0 Å². The lowest BCUT2D eigenvalue weighted by molar-refractivity contribution is 0.452. The summed E-state index contributed by atoms with van der Waals surface area (Å²) in [7, 11) is 0. The standard InChI is InChI=1S/C6H4IN3O/c7-4-2-1-3-5(8)10-11-6(3)9-4/h1-2H,(H2,8,10). The second kappa shape index (κ2) is 2.33. The molecule has 4 nitrogen and oxygen atoms in total. The van der Waals surface area contributed by atoms with Crippen LogP contribution in [0, 0.1) is 3.70 Å². The zero-order valence-corrected chi connectivity index (χ0v) is 7.57. The number of hydrogen-bond donors (Lipinski definition) is 1. The Morgan fingerprint density at radius 3 is 3.09 bits per heavy atom. The van der Waals surface area contributed by atoms with Crippen LogP contribution in [0.2, 0.25) is 0 Å². The molecular weight excluding hydrogens is 257 g/mol. The minimum Gasteiger partial charge on any atom is -0.380 e. The van der Waals surface area contributed by atoms with Crippen LogP contribution in [0.15, 0.2) is 16.7 Å². The van der Waals surface area contributed by atoms with E-state index in [1.54, 1.807) is 0 Å². The molecule has 0 bridgehead atoms. The summed E-state index contributed by atoms with van der Waals surface area (Å²) < 4.78 is 5.71. The van der Waals surface area contributed by atoms with Crippen molar-refractivity contribution in [1.82, 2.24) is 10.1 Å². The maximum absolute atomic E-state index is 5.48. The van der Waals surface area contributed by atoms with Gasteiger partial charge in [-0.3, -0.25) is 0 Å². The molecule has 0 aliphatic rings. The first-order valence-electron chi connectivity index (χ1n) is 2.95. The number of pyridine rings is 1. The van der Waals surface area contributed by atoms with E-state index in [0.717, 1.165) is 9.09 Å². The number of rotatable bonds is 0. The number of halogens is 1. The summed E-state index contributed by atoms with van der Waals surface area (Å²) in [5.41, 5.74) is 5.97. The molecule has 0 atom stereocenters. The third-order valence-electron chi connectivity index (χ3n) is 1.33. The summed E-state index contributed by atoms with van der Waals surface area (Å²) in [4.78, 5) is 4.07. The number of nitrogens with zero attached hydrogens (tertiary/aromatic N) is 2. The number of fused-ring (bicyclic) bond motifs is 1. The van der Waals surface area contributed by atoms with E-state index in [2.05, 4.69) is 32.7 Å². The highest BCUT2D eigenvalue weighted by molar-refractivity contribution is 14.1. The zero-order chi connectivity index (χ0) is 7.84. The molecule has 0 aromatic carbocycles. The topological polar surface area (TPSA) is 64.9 Å². The minimum atomic E-state index is 0.393. The van der Waals surface area contributed by atoms with Crippen molar-refractivity contribution >= 4 is 39.5 Å². The SMILES string of the molecule is Nc1noc2nc(I)ccc12. The molecule has 0 aliphatic carbocycles. The second-order valence-corrected chi connectivity index (χ2v) is 3.16. The van der Waals surface area contributed by atoms with E-state index in [-0.39, 0.29) is 0 Å². The van der Waals surface area contributed by atoms with Gasteiger partial charge in [0.05, 0.1) is 5.39 Å². The Bertz CT molecular complexity index is 398. The molecule has 0 aliphatic heterocycles. The quantitative estimate of drug-likeness (QED) is 0.575. The fourth-order valence-corrected chi connectivity index (χ4v) is 1.22. The first-order valence-corrected chi connectivity index (χ1v) is 4.02. The Labute approximate surface area is 75.9 Å². The van der Waals surface area contributed by atoms with Gasteiger partial charge in [-0.25, -0.2) is 4.98 Å². The van der Waals surface area contributed by atoms with Crippen LogP contribution >= 0.6 is 22.6 Å². The van der Waals surface area contributed by atoms with Crippen LogP contribution in [0.25, 0.3) is 11.1 Å². The predicted molar refractivity (Wildman–Crippen MR) is 48.9 cm³/mol. The Kier molecular flexibility index (Phi) is 1.45. The third-order valence-corrected chi connectivity index (χ3v) is 1.93. The van der Waals surface area contributed by atoms with Crippen molar-refractivity contribution in [1.29, 1.82) is 0 Å². The number of nitrogen functional groups attached to an aromatic ring is 1. The number of nitrogens with two attached hydrogens (primary N) is 1. The molecule has 0 saturated heterocycles. The molecule has 56 valence electrons. The van der Waals surface area contributed by atoms with Crippen molar-refractivity contribution < 1.29 is 4.52 Å². The lowest BCUT2D eigenvalue weighted by Gasteiger charge is -1.86. The highest BCUT2D eigenvalue weighted by Gasteiger charge is 2.04. The Morgan fingerprint density at radius 2 is 2.27 bits per heavy atom. The predicted octanol–water partition coefficient (Wildman–Crippen LogP) is 1.41. The number of aromatic nitrogens is 2. The average molecular weight is 261 g/mol. The Morgan fingerprint density at radius 1 is 1.45 bits per heavy atom. The highest BCUT2D eigenvalue weighted by atomic mass is 127. The molecule has 11 heavy (non-hydrogen) atoms. The van der Waals surface area contributed by atoms with E-state index in [9.17, 15) is 0 Å². The molecule has 0 spiro atoms. The van der Waals surface area contributed by atoms with E-state index in [1.807, 2.05) is 12.1 Å². The van der Waals surface area contributed by atoms with Gasteiger partial charge in [0.25, 0.3) is 5.71 Å². The maximum Gasteiger partial charge on any atom is 0.260 e. The van der Waals surface area contributed by atoms with Gasteiger partial charge < -0.3 is 10.3 Å². The zero-order valence-electron chi connectivity index (χ0n) is 5.41. The van der Waals surface area contributed by atoms with Gasteiger partial charge in [0.1, 0.15) is 3.70 Å². The van der Waals surface area contributed by atoms with Crippen molar-refractivity contribution in [3.05, 3.63) is 15.8 Å². The second-order valence-electron chi connectivity index (χ2n) is 2.05. The molecule has 0 radical (unpaired) electrons. The highest BCUT2D eigenvalue weighted by Crippen LogP contribution is 2.18. The molecule has 0 amide bonds. The lowest BCUT2D eigenvalue weighted by atomic mass is 10.3. The largest absolute Gasteiger partial charge is 0.380 e. The molecule has 0 unspecified atom stereocenters. The van der Waals surface area contributed by atoms with Crippen molar-refractivity contribution in [3.63, 3.8) is 0 Å². The Hall–Kier alpha value is -0.850. The van der Waals surface area contributed by atoms with Crippen molar-refractivity contribution in [2.75, 3.05) is 5.73 Å². The van der Waals surface area contributed by atoms with Crippen LogP contribution in [0.5, 0.6) is 0 Å². The summed E-state index contributed by atoms with van der Waals surface area (Å²) in [5, 5.41) is 4.34. The number of hydrogen-bond acceptors (Lipinski definition) is 4. The fourth-order valence-electron chi connectivity index (χ4n) is 0.824. The smallest absolute Gasteiger partial charge is 0.260 e. The van der Waals surface area contributed by atoms with Crippen LogP contribution in [0.1, 0.15) is 0 Å². The Balaban J connectivity index is 2.86. The maximum atomic E-state index is 5.48. The van der Waals surface area contributed by atoms with Gasteiger partial charge in [0.2, 0.25) is 0 Å². The summed E-state index contributed by atoms with van der Waals surface area (Å²) in [6.45, 7) is 0. The molecule has 0 fully saturated rings. The van der Waals surface area contributed by atoms with E-state index in [4.69, 9.17) is 10.3 Å². The van der Waals surface area contributed by atoms with E-state index in [1.165, 1.54) is 0 Å². The first-order chi connectivity index (χ1) is 5.27. The molecule has 2 N–H and O–H groups in total. The molecular formula is C6H4IN3O.